The Labute approximate surface area is 140 Å². The van der Waals surface area contributed by atoms with E-state index < -0.39 is 4.92 Å². The van der Waals surface area contributed by atoms with E-state index in [1.54, 1.807) is 29.2 Å². The third kappa shape index (κ3) is 4.14. The quantitative estimate of drug-likeness (QED) is 0.421. The normalized spacial score (nSPS) is 10.6. The molecule has 0 spiro atoms. The SMILES string of the molecule is CN(C)CCCN(c1ccccc1C=O)c1ncccc1[N+](=O)[O-]. The van der Waals surface area contributed by atoms with Gasteiger partial charge in [-0.3, -0.25) is 14.9 Å². The highest BCUT2D eigenvalue weighted by atomic mass is 16.6. The van der Waals surface area contributed by atoms with Crippen molar-refractivity contribution in [2.75, 3.05) is 32.1 Å². The van der Waals surface area contributed by atoms with Crippen LogP contribution in [0.2, 0.25) is 0 Å². The number of nitrogens with zero attached hydrogens (tertiary/aromatic N) is 4. The highest BCUT2D eigenvalue weighted by Gasteiger charge is 2.23. The third-order valence-corrected chi connectivity index (χ3v) is 3.56. The number of pyridine rings is 1. The fourth-order valence-corrected chi connectivity index (χ4v) is 2.46. The molecule has 0 fully saturated rings. The van der Waals surface area contributed by atoms with Crippen LogP contribution in [0.5, 0.6) is 0 Å². The second-order valence-corrected chi connectivity index (χ2v) is 5.59. The zero-order valence-corrected chi connectivity index (χ0v) is 13.8. The van der Waals surface area contributed by atoms with Crippen molar-refractivity contribution in [1.29, 1.82) is 0 Å². The summed E-state index contributed by atoms with van der Waals surface area (Å²) in [6, 6.07) is 9.98. The molecule has 126 valence electrons. The summed E-state index contributed by atoms with van der Waals surface area (Å²) in [5.74, 6) is 0.246. The number of hydrogen-bond acceptors (Lipinski definition) is 6. The second kappa shape index (κ2) is 8.16. The zero-order valence-electron chi connectivity index (χ0n) is 13.8. The summed E-state index contributed by atoms with van der Waals surface area (Å²) in [4.78, 5) is 30.3. The number of aldehydes is 1. The monoisotopic (exact) mass is 328 g/mol. The molecule has 1 aromatic heterocycles. The maximum absolute atomic E-state index is 11.4. The van der Waals surface area contributed by atoms with Crippen LogP contribution in [0.4, 0.5) is 17.2 Å². The molecule has 0 aliphatic rings. The van der Waals surface area contributed by atoms with Crippen LogP contribution in [0.15, 0.2) is 42.6 Å². The summed E-state index contributed by atoms with van der Waals surface area (Å²) in [6.45, 7) is 1.33. The molecule has 7 heteroatoms. The van der Waals surface area contributed by atoms with Gasteiger partial charge in [-0.15, -0.1) is 0 Å². The van der Waals surface area contributed by atoms with Crippen molar-refractivity contribution in [3.63, 3.8) is 0 Å². The van der Waals surface area contributed by atoms with Crippen LogP contribution in [0, 0.1) is 10.1 Å². The molecule has 1 aromatic carbocycles. The molecule has 0 amide bonds. The molecule has 0 unspecified atom stereocenters. The fourth-order valence-electron chi connectivity index (χ4n) is 2.46. The summed E-state index contributed by atoms with van der Waals surface area (Å²) in [5, 5.41) is 11.4. The Bertz CT molecular complexity index is 718. The Morgan fingerprint density at radius 1 is 1.17 bits per heavy atom. The Morgan fingerprint density at radius 3 is 2.58 bits per heavy atom. The number of benzene rings is 1. The molecule has 0 N–H and O–H groups in total. The van der Waals surface area contributed by atoms with Gasteiger partial charge in [-0.1, -0.05) is 12.1 Å². The van der Waals surface area contributed by atoms with Gasteiger partial charge in [0.2, 0.25) is 5.82 Å². The molecule has 2 rings (SSSR count). The number of para-hydroxylation sites is 1. The summed E-state index contributed by atoms with van der Waals surface area (Å²) in [7, 11) is 3.93. The van der Waals surface area contributed by atoms with E-state index in [4.69, 9.17) is 0 Å². The molecule has 24 heavy (non-hydrogen) atoms. The van der Waals surface area contributed by atoms with E-state index in [0.717, 1.165) is 19.3 Å². The molecule has 0 aliphatic heterocycles. The van der Waals surface area contributed by atoms with Gasteiger partial charge < -0.3 is 9.80 Å². The van der Waals surface area contributed by atoms with Gasteiger partial charge in [0.1, 0.15) is 0 Å². The van der Waals surface area contributed by atoms with Gasteiger partial charge >= 0.3 is 5.69 Å². The number of hydrogen-bond donors (Lipinski definition) is 0. The lowest BCUT2D eigenvalue weighted by Gasteiger charge is -2.25. The summed E-state index contributed by atoms with van der Waals surface area (Å²) >= 11 is 0. The minimum Gasteiger partial charge on any atom is -0.320 e. The van der Waals surface area contributed by atoms with Crippen LogP contribution in [0.25, 0.3) is 0 Å². The van der Waals surface area contributed by atoms with E-state index in [-0.39, 0.29) is 11.5 Å². The average Bonchev–Trinajstić information content (AvgIpc) is 2.58. The molecular formula is C17H20N4O3. The van der Waals surface area contributed by atoms with Crippen LogP contribution < -0.4 is 4.90 Å². The number of carbonyl (C=O) groups excluding carboxylic acids is 1. The van der Waals surface area contributed by atoms with Crippen molar-refractivity contribution in [2.24, 2.45) is 0 Å². The standard InChI is InChI=1S/C17H20N4O3/c1-19(2)11-6-12-20(15-8-4-3-7-14(15)13-22)17-16(21(23)24)9-5-10-18-17/h3-5,7-10,13H,6,11-12H2,1-2H3. The predicted octanol–water partition coefficient (Wildman–Crippen LogP) is 2.89. The Balaban J connectivity index is 2.47. The summed E-state index contributed by atoms with van der Waals surface area (Å²) in [6.07, 6.45) is 3.04. The van der Waals surface area contributed by atoms with Crippen LogP contribution in [-0.2, 0) is 0 Å². The Hall–Kier alpha value is -2.80. The van der Waals surface area contributed by atoms with Gasteiger partial charge in [0.15, 0.2) is 6.29 Å². The number of anilines is 2. The van der Waals surface area contributed by atoms with E-state index in [0.29, 0.717) is 17.8 Å². The molecule has 0 saturated carbocycles. The molecule has 7 nitrogen and oxygen atoms in total. The summed E-state index contributed by atoms with van der Waals surface area (Å²) < 4.78 is 0. The Morgan fingerprint density at radius 2 is 1.92 bits per heavy atom. The maximum atomic E-state index is 11.4. The zero-order chi connectivity index (χ0) is 17.5. The molecular weight excluding hydrogens is 308 g/mol. The first kappa shape index (κ1) is 17.6. The van der Waals surface area contributed by atoms with Crippen molar-refractivity contribution in [3.8, 4) is 0 Å². The van der Waals surface area contributed by atoms with Gasteiger partial charge in [-0.05, 0) is 45.3 Å². The van der Waals surface area contributed by atoms with Crippen LogP contribution >= 0.6 is 0 Å². The van der Waals surface area contributed by atoms with Crippen molar-refractivity contribution in [1.82, 2.24) is 9.88 Å². The van der Waals surface area contributed by atoms with Gasteiger partial charge in [0.05, 0.1) is 10.6 Å². The number of rotatable bonds is 8. The lowest BCUT2D eigenvalue weighted by atomic mass is 10.1. The maximum Gasteiger partial charge on any atom is 0.311 e. The number of aromatic nitrogens is 1. The highest BCUT2D eigenvalue weighted by Crippen LogP contribution is 2.32. The number of nitro groups is 1. The van der Waals surface area contributed by atoms with E-state index >= 15 is 0 Å². The van der Waals surface area contributed by atoms with Crippen molar-refractivity contribution in [3.05, 3.63) is 58.3 Å². The van der Waals surface area contributed by atoms with E-state index in [1.807, 2.05) is 19.0 Å². The minimum atomic E-state index is -0.454. The molecule has 0 radical (unpaired) electrons. The molecule has 0 saturated heterocycles. The topological polar surface area (TPSA) is 79.6 Å². The average molecular weight is 328 g/mol. The van der Waals surface area contributed by atoms with Gasteiger partial charge in [-0.25, -0.2) is 4.98 Å². The minimum absolute atomic E-state index is 0.0805. The lowest BCUT2D eigenvalue weighted by molar-refractivity contribution is -0.384. The smallest absolute Gasteiger partial charge is 0.311 e. The first-order chi connectivity index (χ1) is 11.5. The van der Waals surface area contributed by atoms with Gasteiger partial charge in [-0.2, -0.15) is 0 Å². The van der Waals surface area contributed by atoms with Crippen molar-refractivity contribution in [2.45, 2.75) is 6.42 Å². The highest BCUT2D eigenvalue weighted by molar-refractivity contribution is 5.87. The molecule has 0 bridgehead atoms. The number of carbonyl (C=O) groups is 1. The second-order valence-electron chi connectivity index (χ2n) is 5.59. The van der Waals surface area contributed by atoms with E-state index in [2.05, 4.69) is 4.98 Å². The first-order valence-corrected chi connectivity index (χ1v) is 7.60. The predicted molar refractivity (Wildman–Crippen MR) is 92.9 cm³/mol. The first-order valence-electron chi connectivity index (χ1n) is 7.60. The van der Waals surface area contributed by atoms with E-state index in [1.165, 1.54) is 18.3 Å². The van der Waals surface area contributed by atoms with Crippen LogP contribution in [0.3, 0.4) is 0 Å². The molecule has 2 aromatic rings. The molecule has 1 heterocycles. The molecule has 0 atom stereocenters. The summed E-state index contributed by atoms with van der Waals surface area (Å²) in [5.41, 5.74) is 1.01. The lowest BCUT2D eigenvalue weighted by Crippen LogP contribution is -2.25. The molecule has 0 aliphatic carbocycles. The van der Waals surface area contributed by atoms with Crippen LogP contribution in [0.1, 0.15) is 16.8 Å². The van der Waals surface area contributed by atoms with E-state index in [9.17, 15) is 14.9 Å². The van der Waals surface area contributed by atoms with Crippen molar-refractivity contribution >= 4 is 23.5 Å². The third-order valence-electron chi connectivity index (χ3n) is 3.56. The van der Waals surface area contributed by atoms with Crippen LogP contribution in [-0.4, -0.2) is 48.3 Å². The fraction of sp³-hybridized carbons (Fsp3) is 0.294. The van der Waals surface area contributed by atoms with Gasteiger partial charge in [0, 0.05) is 24.4 Å². The Kier molecular flexibility index (Phi) is 5.97. The van der Waals surface area contributed by atoms with Gasteiger partial charge in [0.25, 0.3) is 0 Å². The largest absolute Gasteiger partial charge is 0.320 e. The van der Waals surface area contributed by atoms with Crippen molar-refractivity contribution < 1.29 is 9.72 Å².